The van der Waals surface area contributed by atoms with E-state index < -0.39 is 0 Å². The second-order valence-electron chi connectivity index (χ2n) is 3.17. The molecule has 0 heterocycles. The van der Waals surface area contributed by atoms with E-state index in [1.807, 2.05) is 0 Å². The van der Waals surface area contributed by atoms with Crippen LogP contribution in [0.1, 0.15) is 38.5 Å². The van der Waals surface area contributed by atoms with E-state index in [4.69, 9.17) is 6.57 Å². The summed E-state index contributed by atoms with van der Waals surface area (Å²) in [5, 5.41) is 0. The van der Waals surface area contributed by atoms with Gasteiger partial charge in [0.1, 0.15) is 0 Å². The Hall–Kier alpha value is -0.510. The molecule has 0 N–H and O–H groups in total. The summed E-state index contributed by atoms with van der Waals surface area (Å²) < 4.78 is 0. The molecule has 0 aromatic heterocycles. The van der Waals surface area contributed by atoms with Crippen molar-refractivity contribution in [3.8, 4) is 0 Å². The average Bonchev–Trinajstić information content (AvgIpc) is 2.03. The monoisotopic (exact) mass is 137 g/mol. The molecule has 0 aromatic rings. The van der Waals surface area contributed by atoms with Gasteiger partial charge >= 0.3 is 0 Å². The maximum Gasteiger partial charge on any atom is 0.214 e. The summed E-state index contributed by atoms with van der Waals surface area (Å²) in [5.74, 6) is 0.892. The van der Waals surface area contributed by atoms with Crippen molar-refractivity contribution >= 4 is 0 Å². The molecule has 1 rings (SSSR count). The van der Waals surface area contributed by atoms with Gasteiger partial charge in [-0.15, -0.1) is 0 Å². The maximum atomic E-state index is 6.65. The van der Waals surface area contributed by atoms with Crippen molar-refractivity contribution in [2.75, 3.05) is 6.54 Å². The molecule has 0 unspecified atom stereocenters. The third kappa shape index (κ3) is 2.39. The standard InChI is InChI=1S/C9H15N/c1-10-8-7-9-5-3-2-4-6-9/h9H,2-8H2. The minimum absolute atomic E-state index is 0.755. The average molecular weight is 137 g/mol. The molecular weight excluding hydrogens is 122 g/mol. The first-order chi connectivity index (χ1) is 4.93. The highest BCUT2D eigenvalue weighted by Crippen LogP contribution is 2.25. The second-order valence-corrected chi connectivity index (χ2v) is 3.17. The predicted molar refractivity (Wildman–Crippen MR) is 42.7 cm³/mol. The van der Waals surface area contributed by atoms with Crippen LogP contribution in [0.4, 0.5) is 0 Å². The van der Waals surface area contributed by atoms with Gasteiger partial charge in [0.05, 0.1) is 0 Å². The third-order valence-electron chi connectivity index (χ3n) is 2.37. The van der Waals surface area contributed by atoms with Crippen molar-refractivity contribution in [3.63, 3.8) is 0 Å². The van der Waals surface area contributed by atoms with E-state index in [2.05, 4.69) is 4.85 Å². The SMILES string of the molecule is [C-]#[N+]CCC1CCCCC1. The van der Waals surface area contributed by atoms with Crippen LogP contribution in [0.5, 0.6) is 0 Å². The number of nitrogens with zero attached hydrogens (tertiary/aromatic N) is 1. The van der Waals surface area contributed by atoms with Gasteiger partial charge in [-0.25, -0.2) is 6.57 Å². The zero-order valence-corrected chi connectivity index (χ0v) is 6.47. The normalized spacial score (nSPS) is 20.3. The van der Waals surface area contributed by atoms with E-state index in [1.165, 1.54) is 32.1 Å². The third-order valence-corrected chi connectivity index (χ3v) is 2.37. The quantitative estimate of drug-likeness (QED) is 0.515. The zero-order valence-electron chi connectivity index (χ0n) is 6.47. The molecule has 0 amide bonds. The van der Waals surface area contributed by atoms with Crippen LogP contribution in [0.25, 0.3) is 4.85 Å². The first-order valence-electron chi connectivity index (χ1n) is 4.26. The van der Waals surface area contributed by atoms with Gasteiger partial charge in [0.2, 0.25) is 6.54 Å². The fraction of sp³-hybridized carbons (Fsp3) is 0.889. The highest BCUT2D eigenvalue weighted by molar-refractivity contribution is 4.69. The van der Waals surface area contributed by atoms with E-state index in [9.17, 15) is 0 Å². The minimum Gasteiger partial charge on any atom is -0.317 e. The summed E-state index contributed by atoms with van der Waals surface area (Å²) >= 11 is 0. The largest absolute Gasteiger partial charge is 0.317 e. The Morgan fingerprint density at radius 3 is 2.50 bits per heavy atom. The van der Waals surface area contributed by atoms with Crippen molar-refractivity contribution in [2.24, 2.45) is 5.92 Å². The van der Waals surface area contributed by atoms with Crippen LogP contribution in [0.2, 0.25) is 0 Å². The first-order valence-corrected chi connectivity index (χ1v) is 4.26. The molecule has 1 aliphatic rings. The van der Waals surface area contributed by atoms with Crippen molar-refractivity contribution in [2.45, 2.75) is 38.5 Å². The lowest BCUT2D eigenvalue weighted by atomic mass is 9.87. The Bertz CT molecular complexity index is 117. The van der Waals surface area contributed by atoms with Crippen molar-refractivity contribution in [3.05, 3.63) is 11.4 Å². The molecule has 56 valence electrons. The van der Waals surface area contributed by atoms with Gasteiger partial charge in [0.25, 0.3) is 0 Å². The smallest absolute Gasteiger partial charge is 0.214 e. The summed E-state index contributed by atoms with van der Waals surface area (Å²) in [7, 11) is 0. The minimum atomic E-state index is 0.755. The number of hydrogen-bond acceptors (Lipinski definition) is 0. The van der Waals surface area contributed by atoms with Crippen LogP contribution >= 0.6 is 0 Å². The second kappa shape index (κ2) is 4.33. The van der Waals surface area contributed by atoms with Crippen LogP contribution in [-0.4, -0.2) is 6.54 Å². The van der Waals surface area contributed by atoms with Crippen LogP contribution < -0.4 is 0 Å². The lowest BCUT2D eigenvalue weighted by molar-refractivity contribution is 0.347. The molecule has 10 heavy (non-hydrogen) atoms. The van der Waals surface area contributed by atoms with Crippen molar-refractivity contribution in [1.82, 2.24) is 0 Å². The molecular formula is C9H15N. The molecule has 0 aromatic carbocycles. The van der Waals surface area contributed by atoms with Crippen LogP contribution in [-0.2, 0) is 0 Å². The highest BCUT2D eigenvalue weighted by Gasteiger charge is 2.13. The summed E-state index contributed by atoms with van der Waals surface area (Å²) in [4.78, 5) is 3.38. The molecule has 0 saturated heterocycles. The summed E-state index contributed by atoms with van der Waals surface area (Å²) in [6.07, 6.45) is 8.16. The lowest BCUT2D eigenvalue weighted by Gasteiger charge is -2.18. The highest BCUT2D eigenvalue weighted by atomic mass is 14.6. The van der Waals surface area contributed by atoms with Gasteiger partial charge in [-0.2, -0.15) is 0 Å². The topological polar surface area (TPSA) is 4.36 Å². The molecule has 0 radical (unpaired) electrons. The van der Waals surface area contributed by atoms with Crippen LogP contribution in [0.15, 0.2) is 0 Å². The molecule has 1 nitrogen and oxygen atoms in total. The van der Waals surface area contributed by atoms with Crippen molar-refractivity contribution in [1.29, 1.82) is 0 Å². The van der Waals surface area contributed by atoms with E-state index >= 15 is 0 Å². The van der Waals surface area contributed by atoms with E-state index in [0.717, 1.165) is 18.9 Å². The Labute approximate surface area is 63.3 Å². The maximum absolute atomic E-state index is 6.65. The molecule has 0 atom stereocenters. The Morgan fingerprint density at radius 2 is 1.90 bits per heavy atom. The first kappa shape index (κ1) is 7.60. The zero-order chi connectivity index (χ0) is 7.23. The van der Waals surface area contributed by atoms with Gasteiger partial charge in [-0.3, -0.25) is 0 Å². The van der Waals surface area contributed by atoms with E-state index in [0.29, 0.717) is 0 Å². The predicted octanol–water partition coefficient (Wildman–Crippen LogP) is 2.88. The van der Waals surface area contributed by atoms with Gasteiger partial charge < -0.3 is 4.85 Å². The molecule has 0 spiro atoms. The molecule has 0 bridgehead atoms. The number of hydrogen-bond donors (Lipinski definition) is 0. The van der Waals surface area contributed by atoms with Gasteiger partial charge in [0.15, 0.2) is 0 Å². The van der Waals surface area contributed by atoms with Crippen molar-refractivity contribution < 1.29 is 0 Å². The summed E-state index contributed by atoms with van der Waals surface area (Å²) in [6, 6.07) is 0. The summed E-state index contributed by atoms with van der Waals surface area (Å²) in [6.45, 7) is 7.40. The Kier molecular flexibility index (Phi) is 3.29. The molecule has 1 aliphatic carbocycles. The Morgan fingerprint density at radius 1 is 1.20 bits per heavy atom. The molecule has 1 heteroatoms. The van der Waals surface area contributed by atoms with Crippen LogP contribution in [0, 0.1) is 12.5 Å². The van der Waals surface area contributed by atoms with E-state index in [1.54, 1.807) is 0 Å². The molecule has 1 fully saturated rings. The lowest BCUT2D eigenvalue weighted by Crippen LogP contribution is -2.06. The van der Waals surface area contributed by atoms with Crippen LogP contribution in [0.3, 0.4) is 0 Å². The van der Waals surface area contributed by atoms with Gasteiger partial charge in [-0.05, 0) is 5.92 Å². The fourth-order valence-electron chi connectivity index (χ4n) is 1.72. The number of rotatable bonds is 2. The Balaban J connectivity index is 2.09. The molecule has 0 aliphatic heterocycles. The van der Waals surface area contributed by atoms with Gasteiger partial charge in [0, 0.05) is 6.42 Å². The fourth-order valence-corrected chi connectivity index (χ4v) is 1.72. The molecule has 1 saturated carbocycles. The summed E-state index contributed by atoms with van der Waals surface area (Å²) in [5.41, 5.74) is 0. The van der Waals surface area contributed by atoms with E-state index in [-0.39, 0.29) is 0 Å². The van der Waals surface area contributed by atoms with Gasteiger partial charge in [-0.1, -0.05) is 32.1 Å².